The van der Waals surface area contributed by atoms with Gasteiger partial charge in [0.1, 0.15) is 0 Å². The number of fused-ring (bicyclic) bond motifs is 1. The third-order valence-corrected chi connectivity index (χ3v) is 4.38. The van der Waals surface area contributed by atoms with Crippen LogP contribution in [0.4, 0.5) is 0 Å². The maximum Gasteiger partial charge on any atom is 0.253 e. The van der Waals surface area contributed by atoms with E-state index >= 15 is 0 Å². The van der Waals surface area contributed by atoms with Gasteiger partial charge in [-0.2, -0.15) is 0 Å². The molecule has 1 atom stereocenters. The quantitative estimate of drug-likeness (QED) is 0.942. The van der Waals surface area contributed by atoms with E-state index < -0.39 is 0 Å². The first-order valence-electron chi connectivity index (χ1n) is 7.76. The van der Waals surface area contributed by atoms with Crippen molar-refractivity contribution in [2.24, 2.45) is 11.7 Å². The second-order valence-corrected chi connectivity index (χ2v) is 5.90. The minimum Gasteiger partial charge on any atom is -0.338 e. The SMILES string of the molecule is Cl.NCCC1CCCN(C(=O)c2ccc3ccccc3c2)C1. The predicted molar refractivity (Wildman–Crippen MR) is 93.5 cm³/mol. The highest BCUT2D eigenvalue weighted by atomic mass is 35.5. The highest BCUT2D eigenvalue weighted by Gasteiger charge is 2.24. The number of rotatable bonds is 3. The maximum atomic E-state index is 12.7. The molecule has 0 aliphatic carbocycles. The summed E-state index contributed by atoms with van der Waals surface area (Å²) in [5, 5.41) is 2.30. The molecule has 2 aromatic carbocycles. The average Bonchev–Trinajstić information content (AvgIpc) is 2.54. The number of carbonyl (C=O) groups is 1. The molecule has 0 radical (unpaired) electrons. The van der Waals surface area contributed by atoms with Gasteiger partial charge in [0.25, 0.3) is 5.91 Å². The third kappa shape index (κ3) is 3.60. The van der Waals surface area contributed by atoms with E-state index in [0.29, 0.717) is 12.5 Å². The van der Waals surface area contributed by atoms with Gasteiger partial charge >= 0.3 is 0 Å². The van der Waals surface area contributed by atoms with Crippen molar-refractivity contribution in [1.29, 1.82) is 0 Å². The molecule has 2 N–H and O–H groups in total. The fourth-order valence-corrected chi connectivity index (χ4v) is 3.23. The smallest absolute Gasteiger partial charge is 0.253 e. The Labute approximate surface area is 137 Å². The van der Waals surface area contributed by atoms with E-state index in [9.17, 15) is 4.79 Å². The molecule has 22 heavy (non-hydrogen) atoms. The Balaban J connectivity index is 0.00000176. The molecule has 1 saturated heterocycles. The Hall–Kier alpha value is -1.58. The van der Waals surface area contributed by atoms with Crippen LogP contribution in [0, 0.1) is 5.92 Å². The van der Waals surface area contributed by atoms with Crippen molar-refractivity contribution in [1.82, 2.24) is 4.90 Å². The van der Waals surface area contributed by atoms with Crippen molar-refractivity contribution in [3.8, 4) is 0 Å². The molecule has 3 rings (SSSR count). The fraction of sp³-hybridized carbons (Fsp3) is 0.389. The van der Waals surface area contributed by atoms with E-state index in [0.717, 1.165) is 36.9 Å². The van der Waals surface area contributed by atoms with E-state index in [2.05, 4.69) is 12.1 Å². The first-order valence-corrected chi connectivity index (χ1v) is 7.76. The summed E-state index contributed by atoms with van der Waals surface area (Å²) in [6, 6.07) is 14.1. The number of benzene rings is 2. The molecule has 1 aliphatic heterocycles. The van der Waals surface area contributed by atoms with Crippen LogP contribution < -0.4 is 5.73 Å². The largest absolute Gasteiger partial charge is 0.338 e. The summed E-state index contributed by atoms with van der Waals surface area (Å²) in [5.74, 6) is 0.718. The lowest BCUT2D eigenvalue weighted by molar-refractivity contribution is 0.0669. The molecule has 3 nitrogen and oxygen atoms in total. The van der Waals surface area contributed by atoms with Gasteiger partial charge in [-0.25, -0.2) is 0 Å². The van der Waals surface area contributed by atoms with Gasteiger partial charge in [0, 0.05) is 18.7 Å². The van der Waals surface area contributed by atoms with Crippen LogP contribution >= 0.6 is 12.4 Å². The summed E-state index contributed by atoms with van der Waals surface area (Å²) in [6.45, 7) is 2.43. The van der Waals surface area contributed by atoms with E-state index in [1.807, 2.05) is 35.2 Å². The monoisotopic (exact) mass is 318 g/mol. The van der Waals surface area contributed by atoms with Gasteiger partial charge in [-0.05, 0) is 54.6 Å². The van der Waals surface area contributed by atoms with Crippen LogP contribution in [0.1, 0.15) is 29.6 Å². The van der Waals surface area contributed by atoms with Crippen LogP contribution in [0.3, 0.4) is 0 Å². The van der Waals surface area contributed by atoms with Gasteiger partial charge < -0.3 is 10.6 Å². The van der Waals surface area contributed by atoms with Crippen LogP contribution in [-0.4, -0.2) is 30.4 Å². The number of hydrogen-bond acceptors (Lipinski definition) is 2. The molecule has 0 aromatic heterocycles. The Bertz CT molecular complexity index is 642. The number of halogens is 1. The van der Waals surface area contributed by atoms with Crippen LogP contribution in [0.5, 0.6) is 0 Å². The molecule has 0 saturated carbocycles. The fourth-order valence-electron chi connectivity index (χ4n) is 3.23. The Morgan fingerprint density at radius 1 is 1.18 bits per heavy atom. The van der Waals surface area contributed by atoms with Crippen molar-refractivity contribution in [3.63, 3.8) is 0 Å². The zero-order valence-electron chi connectivity index (χ0n) is 12.7. The topological polar surface area (TPSA) is 46.3 Å². The number of nitrogens with zero attached hydrogens (tertiary/aromatic N) is 1. The molecule has 1 aliphatic rings. The number of hydrogen-bond donors (Lipinski definition) is 1. The Morgan fingerprint density at radius 3 is 2.73 bits per heavy atom. The molecule has 2 aromatic rings. The van der Waals surface area contributed by atoms with Crippen molar-refractivity contribution in [3.05, 3.63) is 48.0 Å². The summed E-state index contributed by atoms with van der Waals surface area (Å²) < 4.78 is 0. The standard InChI is InChI=1S/C18H22N2O.ClH/c19-10-9-14-4-3-11-20(13-14)18(21)17-8-7-15-5-1-2-6-16(15)12-17;/h1-2,5-8,12,14H,3-4,9-11,13,19H2;1H. The number of nitrogens with two attached hydrogens (primary N) is 1. The van der Waals surface area contributed by atoms with E-state index in [1.54, 1.807) is 0 Å². The van der Waals surface area contributed by atoms with Crippen LogP contribution in [0.2, 0.25) is 0 Å². The van der Waals surface area contributed by atoms with Crippen LogP contribution in [0.25, 0.3) is 10.8 Å². The van der Waals surface area contributed by atoms with E-state index in [4.69, 9.17) is 5.73 Å². The lowest BCUT2D eigenvalue weighted by Crippen LogP contribution is -2.40. The second kappa shape index (κ2) is 7.61. The van der Waals surface area contributed by atoms with Crippen LogP contribution in [0.15, 0.2) is 42.5 Å². The zero-order valence-corrected chi connectivity index (χ0v) is 13.5. The molecule has 1 fully saturated rings. The summed E-state index contributed by atoms with van der Waals surface area (Å²) in [6.07, 6.45) is 3.30. The third-order valence-electron chi connectivity index (χ3n) is 4.38. The predicted octanol–water partition coefficient (Wildman–Crippen LogP) is 3.46. The maximum absolute atomic E-state index is 12.7. The minimum absolute atomic E-state index is 0. The van der Waals surface area contributed by atoms with Crippen LogP contribution in [-0.2, 0) is 0 Å². The molecule has 1 heterocycles. The molecular weight excluding hydrogens is 296 g/mol. The van der Waals surface area contributed by atoms with Gasteiger partial charge in [0.05, 0.1) is 0 Å². The lowest BCUT2D eigenvalue weighted by Gasteiger charge is -2.32. The zero-order chi connectivity index (χ0) is 14.7. The first kappa shape index (κ1) is 16.8. The van der Waals surface area contributed by atoms with Gasteiger partial charge in [0.15, 0.2) is 0 Å². The molecular formula is C18H23ClN2O. The number of likely N-dealkylation sites (tertiary alicyclic amines) is 1. The molecule has 4 heteroatoms. The van der Waals surface area contributed by atoms with Crippen molar-refractivity contribution >= 4 is 29.1 Å². The van der Waals surface area contributed by atoms with Crippen molar-refractivity contribution in [2.45, 2.75) is 19.3 Å². The highest BCUT2D eigenvalue weighted by Crippen LogP contribution is 2.22. The summed E-state index contributed by atoms with van der Waals surface area (Å²) in [7, 11) is 0. The second-order valence-electron chi connectivity index (χ2n) is 5.90. The molecule has 1 amide bonds. The van der Waals surface area contributed by atoms with Gasteiger partial charge in [0.2, 0.25) is 0 Å². The highest BCUT2D eigenvalue weighted by molar-refractivity contribution is 5.98. The summed E-state index contributed by atoms with van der Waals surface area (Å²) in [4.78, 5) is 14.7. The molecule has 1 unspecified atom stereocenters. The van der Waals surface area contributed by atoms with Gasteiger partial charge in [-0.15, -0.1) is 12.4 Å². The Kier molecular flexibility index (Phi) is 5.81. The minimum atomic E-state index is 0. The normalized spacial score (nSPS) is 18.0. The number of carbonyl (C=O) groups excluding carboxylic acids is 1. The lowest BCUT2D eigenvalue weighted by atomic mass is 9.94. The molecule has 0 bridgehead atoms. The van der Waals surface area contributed by atoms with Crippen molar-refractivity contribution in [2.75, 3.05) is 19.6 Å². The van der Waals surface area contributed by atoms with E-state index in [-0.39, 0.29) is 18.3 Å². The van der Waals surface area contributed by atoms with Gasteiger partial charge in [-0.1, -0.05) is 30.3 Å². The van der Waals surface area contributed by atoms with Crippen molar-refractivity contribution < 1.29 is 4.79 Å². The Morgan fingerprint density at radius 2 is 1.95 bits per heavy atom. The van der Waals surface area contributed by atoms with Gasteiger partial charge in [-0.3, -0.25) is 4.79 Å². The first-order chi connectivity index (χ1) is 10.3. The van der Waals surface area contributed by atoms with E-state index in [1.165, 1.54) is 11.8 Å². The number of piperidine rings is 1. The average molecular weight is 319 g/mol. The molecule has 118 valence electrons. The number of amides is 1. The molecule has 0 spiro atoms. The summed E-state index contributed by atoms with van der Waals surface area (Å²) >= 11 is 0. The summed E-state index contributed by atoms with van der Waals surface area (Å²) in [5.41, 5.74) is 6.44.